The average Bonchev–Trinajstić information content (AvgIpc) is 3.03. The van der Waals surface area contributed by atoms with Crippen LogP contribution in [0.4, 0.5) is 0 Å². The molecule has 134 valence electrons. The standard InChI is InChI=1S/C19H32N4O/c1-22-18-7-5-6-17(16(18)14-21-22)20-15-19(8-12-24-13-9-19)23-10-3-2-4-11-23/h14,17,20H,2-13,15H2,1H3/t17-/m0/s1. The molecule has 1 atom stereocenters. The number of piperidine rings is 1. The van der Waals surface area contributed by atoms with E-state index in [2.05, 4.69) is 33.2 Å². The minimum Gasteiger partial charge on any atom is -0.381 e. The van der Waals surface area contributed by atoms with E-state index in [1.54, 1.807) is 0 Å². The van der Waals surface area contributed by atoms with Gasteiger partial charge in [-0.2, -0.15) is 5.10 Å². The number of likely N-dealkylation sites (tertiary alicyclic amines) is 1. The van der Waals surface area contributed by atoms with Crippen LogP contribution in [0, 0.1) is 0 Å². The third-order valence-electron chi connectivity index (χ3n) is 6.50. The van der Waals surface area contributed by atoms with Crippen molar-refractivity contribution < 1.29 is 4.74 Å². The van der Waals surface area contributed by atoms with E-state index >= 15 is 0 Å². The molecule has 0 radical (unpaired) electrons. The predicted molar refractivity (Wildman–Crippen MR) is 95.1 cm³/mol. The van der Waals surface area contributed by atoms with E-state index in [1.807, 2.05) is 0 Å². The zero-order valence-electron chi connectivity index (χ0n) is 15.1. The SMILES string of the molecule is Cn1ncc2c1CCC[C@@H]2NCC1(N2CCCCC2)CCOCC1. The van der Waals surface area contributed by atoms with E-state index in [0.29, 0.717) is 11.6 Å². The van der Waals surface area contributed by atoms with Gasteiger partial charge < -0.3 is 10.1 Å². The van der Waals surface area contributed by atoms with Gasteiger partial charge in [-0.25, -0.2) is 0 Å². The molecule has 1 aromatic heterocycles. The zero-order valence-corrected chi connectivity index (χ0v) is 15.1. The van der Waals surface area contributed by atoms with Crippen molar-refractivity contribution in [2.24, 2.45) is 7.05 Å². The maximum atomic E-state index is 5.70. The van der Waals surface area contributed by atoms with Gasteiger partial charge in [-0.05, 0) is 58.0 Å². The number of rotatable bonds is 4. The van der Waals surface area contributed by atoms with Crippen molar-refractivity contribution in [3.63, 3.8) is 0 Å². The number of ether oxygens (including phenoxy) is 1. The molecule has 5 heteroatoms. The van der Waals surface area contributed by atoms with Gasteiger partial charge >= 0.3 is 0 Å². The van der Waals surface area contributed by atoms with Gasteiger partial charge in [0.2, 0.25) is 0 Å². The summed E-state index contributed by atoms with van der Waals surface area (Å²) in [5.41, 5.74) is 3.17. The first kappa shape index (κ1) is 16.6. The number of aromatic nitrogens is 2. The quantitative estimate of drug-likeness (QED) is 0.919. The number of hydrogen-bond donors (Lipinski definition) is 1. The Morgan fingerprint density at radius 2 is 2.00 bits per heavy atom. The summed E-state index contributed by atoms with van der Waals surface area (Å²) in [6, 6.07) is 0.479. The van der Waals surface area contributed by atoms with Crippen LogP contribution in [0.5, 0.6) is 0 Å². The molecule has 24 heavy (non-hydrogen) atoms. The van der Waals surface area contributed by atoms with Crippen molar-refractivity contribution in [1.29, 1.82) is 0 Å². The minimum atomic E-state index is 0.304. The van der Waals surface area contributed by atoms with E-state index < -0.39 is 0 Å². The number of aryl methyl sites for hydroxylation is 1. The molecular formula is C19H32N4O. The van der Waals surface area contributed by atoms with Gasteiger partial charge in [0.15, 0.2) is 0 Å². The number of fused-ring (bicyclic) bond motifs is 1. The minimum absolute atomic E-state index is 0.304. The Morgan fingerprint density at radius 1 is 1.21 bits per heavy atom. The molecule has 5 nitrogen and oxygen atoms in total. The van der Waals surface area contributed by atoms with E-state index in [4.69, 9.17) is 4.74 Å². The first-order valence-corrected chi connectivity index (χ1v) is 9.85. The second kappa shape index (κ2) is 7.14. The second-order valence-electron chi connectivity index (χ2n) is 7.88. The molecule has 2 aliphatic heterocycles. The van der Waals surface area contributed by atoms with Crippen LogP contribution in [0.15, 0.2) is 6.20 Å². The third-order valence-corrected chi connectivity index (χ3v) is 6.50. The van der Waals surface area contributed by atoms with Crippen LogP contribution >= 0.6 is 0 Å². The molecule has 0 saturated carbocycles. The summed E-state index contributed by atoms with van der Waals surface area (Å²) in [6.45, 7) is 5.46. The fraction of sp³-hybridized carbons (Fsp3) is 0.842. The molecule has 0 bridgehead atoms. The second-order valence-corrected chi connectivity index (χ2v) is 7.88. The molecular weight excluding hydrogens is 300 g/mol. The van der Waals surface area contributed by atoms with Gasteiger partial charge in [-0.1, -0.05) is 6.42 Å². The smallest absolute Gasteiger partial charge is 0.0540 e. The van der Waals surface area contributed by atoms with E-state index in [9.17, 15) is 0 Å². The predicted octanol–water partition coefficient (Wildman–Crippen LogP) is 2.42. The van der Waals surface area contributed by atoms with Crippen molar-refractivity contribution in [3.8, 4) is 0 Å². The molecule has 2 saturated heterocycles. The summed E-state index contributed by atoms with van der Waals surface area (Å²) in [7, 11) is 2.08. The van der Waals surface area contributed by atoms with Crippen LogP contribution in [-0.4, -0.2) is 53.1 Å². The Kier molecular flexibility index (Phi) is 4.93. The highest BCUT2D eigenvalue weighted by Crippen LogP contribution is 2.33. The molecule has 2 fully saturated rings. The lowest BCUT2D eigenvalue weighted by Crippen LogP contribution is -2.59. The van der Waals surface area contributed by atoms with Crippen molar-refractivity contribution in [3.05, 3.63) is 17.5 Å². The van der Waals surface area contributed by atoms with Crippen LogP contribution in [-0.2, 0) is 18.2 Å². The molecule has 1 aromatic rings. The molecule has 3 aliphatic rings. The highest BCUT2D eigenvalue weighted by atomic mass is 16.5. The lowest BCUT2D eigenvalue weighted by molar-refractivity contribution is -0.0370. The van der Waals surface area contributed by atoms with Crippen LogP contribution in [0.1, 0.15) is 62.2 Å². The van der Waals surface area contributed by atoms with Crippen LogP contribution in [0.25, 0.3) is 0 Å². The highest BCUT2D eigenvalue weighted by Gasteiger charge is 2.39. The molecule has 1 aliphatic carbocycles. The van der Waals surface area contributed by atoms with Crippen molar-refractivity contribution >= 4 is 0 Å². The fourth-order valence-corrected chi connectivity index (χ4v) is 4.96. The van der Waals surface area contributed by atoms with Gasteiger partial charge in [0.25, 0.3) is 0 Å². The lowest BCUT2D eigenvalue weighted by Gasteiger charge is -2.49. The summed E-state index contributed by atoms with van der Waals surface area (Å²) in [4.78, 5) is 2.78. The van der Waals surface area contributed by atoms with Gasteiger partial charge in [-0.3, -0.25) is 9.58 Å². The Balaban J connectivity index is 1.47. The molecule has 0 unspecified atom stereocenters. The molecule has 1 N–H and O–H groups in total. The molecule has 0 aromatic carbocycles. The van der Waals surface area contributed by atoms with Crippen molar-refractivity contribution in [2.45, 2.75) is 62.9 Å². The average molecular weight is 332 g/mol. The zero-order chi connectivity index (χ0) is 16.4. The van der Waals surface area contributed by atoms with Gasteiger partial charge in [-0.15, -0.1) is 0 Å². The molecule has 0 amide bonds. The Labute approximate surface area is 145 Å². The Hall–Kier alpha value is -0.910. The number of hydrogen-bond acceptors (Lipinski definition) is 4. The van der Waals surface area contributed by atoms with Crippen molar-refractivity contribution in [2.75, 3.05) is 32.8 Å². The summed E-state index contributed by atoms with van der Waals surface area (Å²) < 4.78 is 7.77. The van der Waals surface area contributed by atoms with Crippen LogP contribution in [0.2, 0.25) is 0 Å². The van der Waals surface area contributed by atoms with E-state index in [0.717, 1.165) is 19.8 Å². The summed E-state index contributed by atoms with van der Waals surface area (Å²) in [5, 5.41) is 8.45. The largest absolute Gasteiger partial charge is 0.381 e. The molecule has 0 spiro atoms. The molecule has 4 rings (SSSR count). The van der Waals surface area contributed by atoms with Crippen molar-refractivity contribution in [1.82, 2.24) is 20.0 Å². The topological polar surface area (TPSA) is 42.3 Å². The summed E-state index contributed by atoms with van der Waals surface area (Å²) >= 11 is 0. The van der Waals surface area contributed by atoms with Gasteiger partial charge in [0.1, 0.15) is 0 Å². The maximum Gasteiger partial charge on any atom is 0.0540 e. The lowest BCUT2D eigenvalue weighted by atomic mass is 9.85. The number of nitrogens with zero attached hydrogens (tertiary/aromatic N) is 3. The Bertz CT molecular complexity index is 544. The van der Waals surface area contributed by atoms with Crippen LogP contribution in [0.3, 0.4) is 0 Å². The summed E-state index contributed by atoms with van der Waals surface area (Å²) in [5.74, 6) is 0. The molecule has 3 heterocycles. The summed E-state index contributed by atoms with van der Waals surface area (Å²) in [6.07, 6.45) is 12.2. The Morgan fingerprint density at radius 3 is 2.79 bits per heavy atom. The van der Waals surface area contributed by atoms with Gasteiger partial charge in [0, 0.05) is 49.6 Å². The van der Waals surface area contributed by atoms with E-state index in [1.165, 1.54) is 75.7 Å². The maximum absolute atomic E-state index is 5.70. The normalized spacial score (nSPS) is 27.8. The van der Waals surface area contributed by atoms with Crippen LogP contribution < -0.4 is 5.32 Å². The third kappa shape index (κ3) is 3.14. The highest BCUT2D eigenvalue weighted by molar-refractivity contribution is 5.24. The first-order chi connectivity index (χ1) is 11.8. The fourth-order valence-electron chi connectivity index (χ4n) is 4.96. The van der Waals surface area contributed by atoms with E-state index in [-0.39, 0.29) is 0 Å². The number of nitrogens with one attached hydrogen (secondary N) is 1. The first-order valence-electron chi connectivity index (χ1n) is 9.85. The monoisotopic (exact) mass is 332 g/mol. The van der Waals surface area contributed by atoms with Gasteiger partial charge in [0.05, 0.1) is 6.20 Å².